The summed E-state index contributed by atoms with van der Waals surface area (Å²) in [5.41, 5.74) is 0. The summed E-state index contributed by atoms with van der Waals surface area (Å²) in [6.07, 6.45) is 1.49. The topological polar surface area (TPSA) is 69.6 Å². The Hall–Kier alpha value is -1.56. The van der Waals surface area contributed by atoms with Crippen molar-refractivity contribution in [3.63, 3.8) is 0 Å². The minimum atomic E-state index is -0.996. The van der Waals surface area contributed by atoms with Gasteiger partial charge in [0, 0.05) is 10.9 Å². The van der Waals surface area contributed by atoms with Crippen molar-refractivity contribution in [3.8, 4) is 0 Å². The van der Waals surface area contributed by atoms with Gasteiger partial charge in [-0.3, -0.25) is 4.79 Å². The second-order valence-electron chi connectivity index (χ2n) is 4.70. The number of urea groups is 1. The van der Waals surface area contributed by atoms with Crippen LogP contribution < -0.4 is 5.32 Å². The van der Waals surface area contributed by atoms with Crippen LogP contribution in [0.5, 0.6) is 0 Å². The standard InChI is InChI=1S/C14H22N2O3S/c1-4-10(3)16(9-13(17)18)14(19)15-11(5-2)12-7-6-8-20-12/h6-8,10-11H,4-5,9H2,1-3H3,(H,15,19)(H,17,18). The van der Waals surface area contributed by atoms with Crippen molar-refractivity contribution in [1.82, 2.24) is 10.2 Å². The summed E-state index contributed by atoms with van der Waals surface area (Å²) in [6, 6.07) is 3.43. The highest BCUT2D eigenvalue weighted by Gasteiger charge is 2.24. The quantitative estimate of drug-likeness (QED) is 0.812. The van der Waals surface area contributed by atoms with Gasteiger partial charge < -0.3 is 15.3 Å². The maximum atomic E-state index is 12.3. The number of hydrogen-bond donors (Lipinski definition) is 2. The fraction of sp³-hybridized carbons (Fsp3) is 0.571. The first-order valence-electron chi connectivity index (χ1n) is 6.81. The second kappa shape index (κ2) is 7.89. The molecular formula is C14H22N2O3S. The highest BCUT2D eigenvalue weighted by Crippen LogP contribution is 2.22. The van der Waals surface area contributed by atoms with Crippen LogP contribution in [0.25, 0.3) is 0 Å². The number of carboxylic acids is 1. The summed E-state index contributed by atoms with van der Waals surface area (Å²) in [6.45, 7) is 5.51. The molecule has 1 aromatic heterocycles. The first kappa shape index (κ1) is 16.5. The van der Waals surface area contributed by atoms with Crippen LogP contribution in [-0.4, -0.2) is 34.6 Å². The Labute approximate surface area is 123 Å². The van der Waals surface area contributed by atoms with E-state index < -0.39 is 5.97 Å². The molecule has 0 saturated carbocycles. The van der Waals surface area contributed by atoms with E-state index in [1.54, 1.807) is 11.3 Å². The lowest BCUT2D eigenvalue weighted by Crippen LogP contribution is -2.48. The van der Waals surface area contributed by atoms with Crippen LogP contribution in [-0.2, 0) is 4.79 Å². The Balaban J connectivity index is 2.76. The minimum Gasteiger partial charge on any atom is -0.480 e. The Bertz CT molecular complexity index is 434. The molecule has 0 bridgehead atoms. The molecule has 1 aromatic rings. The summed E-state index contributed by atoms with van der Waals surface area (Å²) in [5.74, 6) is -0.996. The third-order valence-electron chi connectivity index (χ3n) is 3.28. The number of hydrogen-bond acceptors (Lipinski definition) is 3. The molecule has 0 aliphatic rings. The smallest absolute Gasteiger partial charge is 0.323 e. The summed E-state index contributed by atoms with van der Waals surface area (Å²) >= 11 is 1.59. The summed E-state index contributed by atoms with van der Waals surface area (Å²) in [4.78, 5) is 25.7. The van der Waals surface area contributed by atoms with Gasteiger partial charge in [-0.2, -0.15) is 0 Å². The maximum Gasteiger partial charge on any atom is 0.323 e. The number of carbonyl (C=O) groups is 2. The average molecular weight is 298 g/mol. The van der Waals surface area contributed by atoms with E-state index in [0.717, 1.165) is 17.7 Å². The third-order valence-corrected chi connectivity index (χ3v) is 4.27. The summed E-state index contributed by atoms with van der Waals surface area (Å²) in [7, 11) is 0. The normalized spacial score (nSPS) is 13.6. The number of rotatable bonds is 7. The third kappa shape index (κ3) is 4.52. The molecule has 2 amide bonds. The lowest BCUT2D eigenvalue weighted by atomic mass is 10.2. The van der Waals surface area contributed by atoms with Crippen LogP contribution >= 0.6 is 11.3 Å². The number of amides is 2. The number of nitrogens with zero attached hydrogens (tertiary/aromatic N) is 1. The molecule has 6 heteroatoms. The largest absolute Gasteiger partial charge is 0.480 e. The van der Waals surface area contributed by atoms with Gasteiger partial charge in [-0.05, 0) is 31.2 Å². The summed E-state index contributed by atoms with van der Waals surface area (Å²) in [5, 5.41) is 13.8. The van der Waals surface area contributed by atoms with E-state index >= 15 is 0 Å². The van der Waals surface area contributed by atoms with Gasteiger partial charge in [-0.25, -0.2) is 4.79 Å². The zero-order valence-corrected chi connectivity index (χ0v) is 12.9. The van der Waals surface area contributed by atoms with Gasteiger partial charge in [0.1, 0.15) is 6.54 Å². The molecule has 0 radical (unpaired) electrons. The molecule has 1 rings (SSSR count). The molecule has 0 saturated heterocycles. The van der Waals surface area contributed by atoms with Gasteiger partial charge in [-0.15, -0.1) is 11.3 Å². The van der Waals surface area contributed by atoms with E-state index in [1.807, 2.05) is 38.3 Å². The van der Waals surface area contributed by atoms with Crippen molar-refractivity contribution >= 4 is 23.3 Å². The molecule has 0 aliphatic carbocycles. The van der Waals surface area contributed by atoms with Gasteiger partial charge in [0.2, 0.25) is 0 Å². The Kier molecular flexibility index (Phi) is 6.51. The Morgan fingerprint density at radius 1 is 1.40 bits per heavy atom. The highest BCUT2D eigenvalue weighted by atomic mass is 32.1. The first-order chi connectivity index (χ1) is 9.49. The van der Waals surface area contributed by atoms with E-state index in [-0.39, 0.29) is 24.7 Å². The fourth-order valence-electron chi connectivity index (χ4n) is 1.89. The SMILES string of the molecule is CCC(NC(=O)N(CC(=O)O)C(C)CC)c1cccs1. The number of aliphatic carboxylic acids is 1. The van der Waals surface area contributed by atoms with Crippen molar-refractivity contribution < 1.29 is 14.7 Å². The maximum absolute atomic E-state index is 12.3. The molecule has 0 spiro atoms. The number of nitrogens with one attached hydrogen (secondary N) is 1. The number of carbonyl (C=O) groups excluding carboxylic acids is 1. The predicted octanol–water partition coefficient (Wildman–Crippen LogP) is 3.09. The number of carboxylic acid groups (broad SMARTS) is 1. The van der Waals surface area contributed by atoms with Crippen LogP contribution in [0.1, 0.15) is 44.5 Å². The van der Waals surface area contributed by atoms with Gasteiger partial charge >= 0.3 is 12.0 Å². The molecule has 2 N–H and O–H groups in total. The molecule has 1 heterocycles. The average Bonchev–Trinajstić information content (AvgIpc) is 2.94. The van der Waals surface area contributed by atoms with E-state index in [2.05, 4.69) is 5.32 Å². The van der Waals surface area contributed by atoms with Gasteiger partial charge in [0.05, 0.1) is 6.04 Å². The molecule has 5 nitrogen and oxygen atoms in total. The minimum absolute atomic E-state index is 0.0668. The van der Waals surface area contributed by atoms with Crippen molar-refractivity contribution in [3.05, 3.63) is 22.4 Å². The zero-order chi connectivity index (χ0) is 15.1. The molecule has 0 fully saturated rings. The van der Waals surface area contributed by atoms with Gasteiger partial charge in [0.15, 0.2) is 0 Å². The highest BCUT2D eigenvalue weighted by molar-refractivity contribution is 7.10. The Morgan fingerprint density at radius 2 is 2.10 bits per heavy atom. The van der Waals surface area contributed by atoms with Crippen LogP contribution in [0.2, 0.25) is 0 Å². The monoisotopic (exact) mass is 298 g/mol. The van der Waals surface area contributed by atoms with Crippen LogP contribution in [0.15, 0.2) is 17.5 Å². The zero-order valence-electron chi connectivity index (χ0n) is 12.1. The molecule has 2 atom stereocenters. The fourth-order valence-corrected chi connectivity index (χ4v) is 2.75. The molecule has 0 aromatic carbocycles. The molecule has 20 heavy (non-hydrogen) atoms. The second-order valence-corrected chi connectivity index (χ2v) is 5.68. The molecule has 2 unspecified atom stereocenters. The van der Waals surface area contributed by atoms with Crippen LogP contribution in [0.4, 0.5) is 4.79 Å². The first-order valence-corrected chi connectivity index (χ1v) is 7.69. The van der Waals surface area contributed by atoms with E-state index in [1.165, 1.54) is 4.90 Å². The van der Waals surface area contributed by atoms with Crippen molar-refractivity contribution in [2.75, 3.05) is 6.54 Å². The van der Waals surface area contributed by atoms with Crippen molar-refractivity contribution in [2.24, 2.45) is 0 Å². The Morgan fingerprint density at radius 3 is 2.55 bits per heavy atom. The lowest BCUT2D eigenvalue weighted by Gasteiger charge is -2.29. The van der Waals surface area contributed by atoms with Crippen LogP contribution in [0, 0.1) is 0 Å². The van der Waals surface area contributed by atoms with Gasteiger partial charge in [-0.1, -0.05) is 19.9 Å². The molecule has 112 valence electrons. The van der Waals surface area contributed by atoms with E-state index in [9.17, 15) is 9.59 Å². The van der Waals surface area contributed by atoms with E-state index in [0.29, 0.717) is 0 Å². The molecule has 0 aliphatic heterocycles. The predicted molar refractivity (Wildman–Crippen MR) is 80.0 cm³/mol. The number of thiophene rings is 1. The summed E-state index contributed by atoms with van der Waals surface area (Å²) < 4.78 is 0. The van der Waals surface area contributed by atoms with Crippen molar-refractivity contribution in [2.45, 2.75) is 45.7 Å². The van der Waals surface area contributed by atoms with Gasteiger partial charge in [0.25, 0.3) is 0 Å². The van der Waals surface area contributed by atoms with Crippen LogP contribution in [0.3, 0.4) is 0 Å². The van der Waals surface area contributed by atoms with E-state index in [4.69, 9.17) is 5.11 Å². The van der Waals surface area contributed by atoms with Crippen molar-refractivity contribution in [1.29, 1.82) is 0 Å². The lowest BCUT2D eigenvalue weighted by molar-refractivity contribution is -0.138. The molecular weight excluding hydrogens is 276 g/mol.